The van der Waals surface area contributed by atoms with E-state index >= 15 is 0 Å². The molecule has 2 rings (SSSR count). The smallest absolute Gasteiger partial charge is 0.329 e. The van der Waals surface area contributed by atoms with E-state index in [9.17, 15) is 0 Å². The van der Waals surface area contributed by atoms with Crippen LogP contribution in [0.3, 0.4) is 0 Å². The highest BCUT2D eigenvalue weighted by molar-refractivity contribution is 5.67. The highest BCUT2D eigenvalue weighted by Gasteiger charge is 2.49. The van der Waals surface area contributed by atoms with Crippen molar-refractivity contribution in [2.45, 2.75) is 12.4 Å². The highest BCUT2D eigenvalue weighted by atomic mass is 16.8. The van der Waals surface area contributed by atoms with Crippen LogP contribution in [0.4, 0.5) is 0 Å². The quantitative estimate of drug-likeness (QED) is 0.457. The lowest BCUT2D eigenvalue weighted by Gasteiger charge is -2.01. The van der Waals surface area contributed by atoms with Crippen LogP contribution in [0.5, 0.6) is 0 Å². The van der Waals surface area contributed by atoms with Gasteiger partial charge in [-0.1, -0.05) is 0 Å². The van der Waals surface area contributed by atoms with Crippen molar-refractivity contribution in [3.8, 4) is 0 Å². The third-order valence-electron chi connectivity index (χ3n) is 1.10. The molecule has 0 aromatic heterocycles. The number of carbonyl (C=O) groups is 1. The third kappa shape index (κ3) is 1.94. The van der Waals surface area contributed by atoms with E-state index in [1.54, 1.807) is 0 Å². The summed E-state index contributed by atoms with van der Waals surface area (Å²) in [6.07, 6.45) is 0.741. The van der Waals surface area contributed by atoms with E-state index in [4.69, 9.17) is 24.5 Å². The zero-order chi connectivity index (χ0) is 7.56. The normalized spacial score (nSPS) is 32.5. The second kappa shape index (κ2) is 2.96. The summed E-state index contributed by atoms with van der Waals surface area (Å²) in [5.41, 5.74) is 0. The van der Waals surface area contributed by atoms with Crippen LogP contribution in [-0.4, -0.2) is 41.8 Å². The number of aliphatic hydroxyl groups is 1. The van der Waals surface area contributed by atoms with E-state index in [1.807, 2.05) is 0 Å². The molecule has 0 aromatic carbocycles. The maximum atomic E-state index is 9.12. The van der Waals surface area contributed by atoms with Crippen LogP contribution in [0.25, 0.3) is 0 Å². The van der Waals surface area contributed by atoms with Gasteiger partial charge in [0.2, 0.25) is 0 Å². The molecule has 2 saturated heterocycles. The minimum Gasteiger partial charge on any atom is -0.480 e. The molecule has 0 aliphatic carbocycles. The second-order valence-electron chi connectivity index (χ2n) is 1.93. The zero-order valence-electron chi connectivity index (χ0n) is 5.19. The number of hydrogen-bond acceptors (Lipinski definition) is 4. The topological polar surface area (TPSA) is 79.3 Å². The molecule has 2 N–H and O–H groups in total. The van der Waals surface area contributed by atoms with E-state index < -0.39 is 12.6 Å². The van der Waals surface area contributed by atoms with Crippen LogP contribution in [0.15, 0.2) is 0 Å². The van der Waals surface area contributed by atoms with Gasteiger partial charge in [0.15, 0.2) is 6.29 Å². The van der Waals surface area contributed by atoms with Crippen LogP contribution < -0.4 is 0 Å². The van der Waals surface area contributed by atoms with Crippen LogP contribution in [0.2, 0.25) is 0 Å². The lowest BCUT2D eigenvalue weighted by molar-refractivity contribution is -0.140. The first-order valence-corrected chi connectivity index (χ1v) is 2.83. The monoisotopic (exact) mass is 148 g/mol. The van der Waals surface area contributed by atoms with Crippen molar-refractivity contribution in [3.05, 3.63) is 0 Å². The summed E-state index contributed by atoms with van der Waals surface area (Å²) in [6, 6.07) is 0. The summed E-state index contributed by atoms with van der Waals surface area (Å²) in [5.74, 6) is -1.19. The van der Waals surface area contributed by atoms with E-state index in [0.717, 1.165) is 6.61 Å². The van der Waals surface area contributed by atoms with Crippen molar-refractivity contribution < 1.29 is 24.5 Å². The summed E-state index contributed by atoms with van der Waals surface area (Å²) in [4.78, 5) is 9.12. The SMILES string of the molecule is C1OC2OC12.O=C(O)CO. The van der Waals surface area contributed by atoms with Crippen LogP contribution in [0.1, 0.15) is 0 Å². The minimum atomic E-state index is -1.19. The Morgan fingerprint density at radius 1 is 1.70 bits per heavy atom. The van der Waals surface area contributed by atoms with Crippen molar-refractivity contribution in [1.29, 1.82) is 0 Å². The maximum Gasteiger partial charge on any atom is 0.329 e. The molecule has 2 heterocycles. The Hall–Kier alpha value is -0.650. The van der Waals surface area contributed by atoms with Crippen LogP contribution >= 0.6 is 0 Å². The van der Waals surface area contributed by atoms with Gasteiger partial charge in [-0.05, 0) is 0 Å². The molecular weight excluding hydrogens is 140 g/mol. The van der Waals surface area contributed by atoms with Crippen molar-refractivity contribution in [2.75, 3.05) is 13.2 Å². The molecule has 0 spiro atoms. The molecule has 0 amide bonds. The molecule has 2 unspecified atom stereocenters. The number of aliphatic hydroxyl groups excluding tert-OH is 1. The average molecular weight is 148 g/mol. The number of aliphatic carboxylic acids is 1. The molecule has 0 radical (unpaired) electrons. The largest absolute Gasteiger partial charge is 0.480 e. The second-order valence-corrected chi connectivity index (χ2v) is 1.93. The van der Waals surface area contributed by atoms with Crippen molar-refractivity contribution in [1.82, 2.24) is 0 Å². The lowest BCUT2D eigenvalue weighted by Crippen LogP contribution is -2.17. The molecular formula is C5H8O5. The molecule has 5 heteroatoms. The molecule has 2 aliphatic rings. The number of fused-ring (bicyclic) bond motifs is 1. The van der Waals surface area contributed by atoms with Gasteiger partial charge in [0.25, 0.3) is 0 Å². The van der Waals surface area contributed by atoms with Gasteiger partial charge in [0.1, 0.15) is 12.7 Å². The van der Waals surface area contributed by atoms with Crippen LogP contribution in [-0.2, 0) is 14.3 Å². The first-order valence-electron chi connectivity index (χ1n) is 2.83. The maximum absolute atomic E-state index is 9.12. The number of carboxylic acids is 1. The van der Waals surface area contributed by atoms with Gasteiger partial charge < -0.3 is 19.7 Å². The van der Waals surface area contributed by atoms with E-state index in [-0.39, 0.29) is 6.29 Å². The first-order chi connectivity index (χ1) is 4.74. The zero-order valence-corrected chi connectivity index (χ0v) is 5.19. The van der Waals surface area contributed by atoms with Gasteiger partial charge in [0, 0.05) is 0 Å². The fourth-order valence-corrected chi connectivity index (χ4v) is 0.459. The summed E-state index contributed by atoms with van der Waals surface area (Å²) < 4.78 is 9.59. The van der Waals surface area contributed by atoms with Gasteiger partial charge in [0.05, 0.1) is 6.61 Å². The lowest BCUT2D eigenvalue weighted by atomic mass is 10.4. The molecule has 0 aromatic rings. The van der Waals surface area contributed by atoms with Crippen molar-refractivity contribution in [2.24, 2.45) is 0 Å². The van der Waals surface area contributed by atoms with E-state index in [1.165, 1.54) is 0 Å². The Morgan fingerprint density at radius 2 is 2.20 bits per heavy atom. The summed E-state index contributed by atoms with van der Waals surface area (Å²) in [7, 11) is 0. The molecule has 0 bridgehead atoms. The van der Waals surface area contributed by atoms with Gasteiger partial charge in [-0.3, -0.25) is 0 Å². The third-order valence-corrected chi connectivity index (χ3v) is 1.10. The van der Waals surface area contributed by atoms with Crippen LogP contribution in [0, 0.1) is 0 Å². The van der Waals surface area contributed by atoms with Crippen molar-refractivity contribution >= 4 is 5.97 Å². The van der Waals surface area contributed by atoms with E-state index in [0.29, 0.717) is 6.10 Å². The molecule has 2 fully saturated rings. The molecule has 2 atom stereocenters. The fraction of sp³-hybridized carbons (Fsp3) is 0.800. The molecule has 10 heavy (non-hydrogen) atoms. The van der Waals surface area contributed by atoms with Gasteiger partial charge in [-0.25, -0.2) is 4.79 Å². The fourth-order valence-electron chi connectivity index (χ4n) is 0.459. The Kier molecular flexibility index (Phi) is 2.21. The Bertz CT molecular complexity index is 122. The molecule has 2 aliphatic heterocycles. The molecule has 5 nitrogen and oxygen atoms in total. The minimum absolute atomic E-state index is 0.231. The highest BCUT2D eigenvalue weighted by Crippen LogP contribution is 2.32. The van der Waals surface area contributed by atoms with Gasteiger partial charge >= 0.3 is 5.97 Å². The predicted octanol–water partition coefficient (Wildman–Crippen LogP) is -1.20. The van der Waals surface area contributed by atoms with Gasteiger partial charge in [-0.2, -0.15) is 0 Å². The number of epoxide rings is 1. The number of hydrogen-bond donors (Lipinski definition) is 2. The first kappa shape index (κ1) is 7.46. The van der Waals surface area contributed by atoms with E-state index in [2.05, 4.69) is 0 Å². The van der Waals surface area contributed by atoms with Crippen molar-refractivity contribution in [3.63, 3.8) is 0 Å². The summed E-state index contributed by atoms with van der Waals surface area (Å²) >= 11 is 0. The van der Waals surface area contributed by atoms with Gasteiger partial charge in [-0.15, -0.1) is 0 Å². The average Bonchev–Trinajstić information content (AvgIpc) is 2.41. The standard InChI is InChI=1S/C3H4O2.C2H4O3/c1-2-3(4-1)5-2;3-1-2(4)5/h2-3H,1H2;3H,1H2,(H,4,5). The summed E-state index contributed by atoms with van der Waals surface area (Å²) in [5, 5.41) is 15.0. The molecule has 58 valence electrons. The Morgan fingerprint density at radius 3 is 2.20 bits per heavy atom. The Labute approximate surface area is 57.2 Å². The Balaban J connectivity index is 0.0000001000. The molecule has 0 saturated carbocycles. The number of ether oxygens (including phenoxy) is 2. The summed E-state index contributed by atoms with van der Waals surface area (Å²) in [6.45, 7) is 0.0602. The predicted molar refractivity (Wildman–Crippen MR) is 29.3 cm³/mol. The number of carboxylic acid groups (broad SMARTS) is 1. The number of rotatable bonds is 1.